The third-order valence-corrected chi connectivity index (χ3v) is 8.78. The minimum atomic E-state index is 0.649. The fourth-order valence-corrected chi connectivity index (χ4v) is 6.49. The van der Waals surface area contributed by atoms with Crippen LogP contribution in [0.15, 0.2) is 164 Å². The molecule has 0 unspecified atom stereocenters. The Morgan fingerprint density at radius 2 is 1.08 bits per heavy atom. The number of benzene rings is 5. The van der Waals surface area contributed by atoms with Crippen LogP contribution in [0.4, 0.5) is 0 Å². The largest absolute Gasteiger partial charge is 0.256 e. The third-order valence-electron chi connectivity index (χ3n) is 8.78. The van der Waals surface area contributed by atoms with Crippen LogP contribution < -0.4 is 0 Å². The summed E-state index contributed by atoms with van der Waals surface area (Å²) in [5.74, 6) is 0.649. The molecule has 0 N–H and O–H groups in total. The molecule has 0 saturated carbocycles. The molecule has 224 valence electrons. The normalized spacial score (nSPS) is 11.3. The molecular weight excluding hydrogens is 587 g/mol. The van der Waals surface area contributed by atoms with Crippen LogP contribution in [-0.2, 0) is 0 Å². The van der Waals surface area contributed by atoms with Crippen molar-refractivity contribution in [3.63, 3.8) is 0 Å². The van der Waals surface area contributed by atoms with E-state index in [9.17, 15) is 0 Å². The Bertz CT molecular complexity index is 2600. The van der Waals surface area contributed by atoms with Crippen molar-refractivity contribution in [1.29, 1.82) is 0 Å². The van der Waals surface area contributed by atoms with Gasteiger partial charge in [-0.3, -0.25) is 15.0 Å². The molecule has 4 heterocycles. The van der Waals surface area contributed by atoms with Crippen molar-refractivity contribution in [1.82, 2.24) is 24.9 Å². The first-order valence-electron chi connectivity index (χ1n) is 15.9. The van der Waals surface area contributed by atoms with E-state index in [-0.39, 0.29) is 0 Å². The summed E-state index contributed by atoms with van der Waals surface area (Å²) in [5, 5.41) is 3.07. The summed E-state index contributed by atoms with van der Waals surface area (Å²) in [6.45, 7) is 0. The first-order valence-corrected chi connectivity index (χ1v) is 15.9. The zero-order valence-electron chi connectivity index (χ0n) is 25.8. The van der Waals surface area contributed by atoms with Crippen molar-refractivity contribution in [2.75, 3.05) is 0 Å². The van der Waals surface area contributed by atoms with Crippen LogP contribution in [0, 0.1) is 0 Å². The summed E-state index contributed by atoms with van der Waals surface area (Å²) >= 11 is 0. The second-order valence-corrected chi connectivity index (χ2v) is 11.8. The van der Waals surface area contributed by atoms with Crippen molar-refractivity contribution < 1.29 is 0 Å². The average Bonchev–Trinajstić information content (AvgIpc) is 3.17. The monoisotopic (exact) mass is 613 g/mol. The maximum absolute atomic E-state index is 5.27. The molecule has 4 aromatic heterocycles. The Labute approximate surface area is 277 Å². The third kappa shape index (κ3) is 4.95. The van der Waals surface area contributed by atoms with Gasteiger partial charge in [0.25, 0.3) is 0 Å². The Morgan fingerprint density at radius 1 is 0.375 bits per heavy atom. The zero-order valence-corrected chi connectivity index (χ0v) is 25.8. The number of nitrogens with zero attached hydrogens (tertiary/aromatic N) is 5. The Kier molecular flexibility index (Phi) is 6.72. The van der Waals surface area contributed by atoms with Gasteiger partial charge in [0, 0.05) is 51.4 Å². The standard InChI is InChI=1S/C43H27N5/c1-3-11-28(12-4-1)30-18-19-36-39(27-30)47-43(48-40(36)29-13-5-2-6-14-29)34-24-32(23-33(25-34)38-17-7-8-20-44-38)37-26-31-15-9-21-45-41(31)42-35(37)16-10-22-46-42/h1-27H. The molecule has 5 aromatic carbocycles. The fraction of sp³-hybridized carbons (Fsp3) is 0. The lowest BCUT2D eigenvalue weighted by molar-refractivity contribution is 1.23. The smallest absolute Gasteiger partial charge is 0.160 e. The Balaban J connectivity index is 1.32. The molecule has 9 aromatic rings. The lowest BCUT2D eigenvalue weighted by Crippen LogP contribution is -1.97. The van der Waals surface area contributed by atoms with Gasteiger partial charge in [0.1, 0.15) is 0 Å². The average molecular weight is 614 g/mol. The van der Waals surface area contributed by atoms with Gasteiger partial charge in [0.2, 0.25) is 0 Å². The molecule has 9 rings (SSSR count). The maximum atomic E-state index is 5.27. The molecule has 0 fully saturated rings. The molecule has 48 heavy (non-hydrogen) atoms. The molecule has 0 saturated heterocycles. The van der Waals surface area contributed by atoms with E-state index in [1.807, 2.05) is 61.1 Å². The minimum absolute atomic E-state index is 0.649. The number of fused-ring (bicyclic) bond motifs is 4. The predicted molar refractivity (Wildman–Crippen MR) is 195 cm³/mol. The highest BCUT2D eigenvalue weighted by atomic mass is 14.9. The van der Waals surface area contributed by atoms with Gasteiger partial charge in [-0.1, -0.05) is 84.9 Å². The van der Waals surface area contributed by atoms with Crippen LogP contribution in [0.1, 0.15) is 0 Å². The van der Waals surface area contributed by atoms with Gasteiger partial charge in [-0.2, -0.15) is 0 Å². The van der Waals surface area contributed by atoms with E-state index in [1.165, 1.54) is 0 Å². The van der Waals surface area contributed by atoms with E-state index in [4.69, 9.17) is 19.9 Å². The SMILES string of the molecule is c1ccc(-c2ccc3c(-c4ccccc4)nc(-c4cc(-c5ccccn5)cc(-c5cc6cccnc6c6ncccc56)c4)nc3c2)cc1. The van der Waals surface area contributed by atoms with Crippen LogP contribution in [0.25, 0.3) is 88.9 Å². The van der Waals surface area contributed by atoms with Crippen molar-refractivity contribution in [2.45, 2.75) is 0 Å². The maximum Gasteiger partial charge on any atom is 0.160 e. The van der Waals surface area contributed by atoms with Gasteiger partial charge in [-0.25, -0.2) is 9.97 Å². The first-order chi connectivity index (χ1) is 23.8. The molecule has 0 amide bonds. The summed E-state index contributed by atoms with van der Waals surface area (Å²) in [4.78, 5) is 24.7. The topological polar surface area (TPSA) is 64.5 Å². The van der Waals surface area contributed by atoms with Gasteiger partial charge < -0.3 is 0 Å². The zero-order chi connectivity index (χ0) is 31.9. The molecule has 0 aliphatic rings. The highest BCUT2D eigenvalue weighted by molar-refractivity contribution is 6.10. The van der Waals surface area contributed by atoms with E-state index < -0.39 is 0 Å². The van der Waals surface area contributed by atoms with E-state index in [0.29, 0.717) is 5.82 Å². The number of hydrogen-bond donors (Lipinski definition) is 0. The van der Waals surface area contributed by atoms with E-state index in [2.05, 4.69) is 108 Å². The summed E-state index contributed by atoms with van der Waals surface area (Å²) in [6, 6.07) is 50.1. The summed E-state index contributed by atoms with van der Waals surface area (Å²) < 4.78 is 0. The Morgan fingerprint density at radius 3 is 1.90 bits per heavy atom. The highest BCUT2D eigenvalue weighted by Gasteiger charge is 2.17. The van der Waals surface area contributed by atoms with Crippen LogP contribution in [-0.4, -0.2) is 24.9 Å². The van der Waals surface area contributed by atoms with E-state index >= 15 is 0 Å². The summed E-state index contributed by atoms with van der Waals surface area (Å²) in [5.41, 5.74) is 11.7. The second-order valence-electron chi connectivity index (χ2n) is 11.8. The highest BCUT2D eigenvalue weighted by Crippen LogP contribution is 2.38. The predicted octanol–water partition coefficient (Wildman–Crippen LogP) is 10.5. The van der Waals surface area contributed by atoms with Crippen molar-refractivity contribution in [3.05, 3.63) is 164 Å². The Hall–Kier alpha value is -6.59. The number of pyridine rings is 3. The fourth-order valence-electron chi connectivity index (χ4n) is 6.49. The summed E-state index contributed by atoms with van der Waals surface area (Å²) in [6.07, 6.45) is 5.47. The molecular formula is C43H27N5. The molecule has 0 aliphatic carbocycles. The van der Waals surface area contributed by atoms with Gasteiger partial charge >= 0.3 is 0 Å². The quantitative estimate of drug-likeness (QED) is 0.181. The molecule has 0 bridgehead atoms. The first kappa shape index (κ1) is 27.7. The van der Waals surface area contributed by atoms with Crippen molar-refractivity contribution in [3.8, 4) is 56.2 Å². The van der Waals surface area contributed by atoms with Crippen molar-refractivity contribution in [2.24, 2.45) is 0 Å². The van der Waals surface area contributed by atoms with E-state index in [0.717, 1.165) is 83.0 Å². The van der Waals surface area contributed by atoms with Crippen LogP contribution in [0.2, 0.25) is 0 Å². The van der Waals surface area contributed by atoms with Crippen LogP contribution in [0.5, 0.6) is 0 Å². The van der Waals surface area contributed by atoms with Gasteiger partial charge in [0.15, 0.2) is 5.82 Å². The molecule has 0 spiro atoms. The summed E-state index contributed by atoms with van der Waals surface area (Å²) in [7, 11) is 0. The van der Waals surface area contributed by atoms with Gasteiger partial charge in [0.05, 0.1) is 27.9 Å². The lowest BCUT2D eigenvalue weighted by atomic mass is 9.93. The molecule has 0 radical (unpaired) electrons. The van der Waals surface area contributed by atoms with Crippen LogP contribution >= 0.6 is 0 Å². The molecule has 5 heteroatoms. The lowest BCUT2D eigenvalue weighted by Gasteiger charge is -2.15. The minimum Gasteiger partial charge on any atom is -0.256 e. The second kappa shape index (κ2) is 11.6. The number of aromatic nitrogens is 5. The van der Waals surface area contributed by atoms with Gasteiger partial charge in [-0.05, 0) is 82.9 Å². The molecule has 0 atom stereocenters. The van der Waals surface area contributed by atoms with Crippen LogP contribution in [0.3, 0.4) is 0 Å². The number of rotatable bonds is 5. The molecule has 0 aliphatic heterocycles. The van der Waals surface area contributed by atoms with Gasteiger partial charge in [-0.15, -0.1) is 0 Å². The van der Waals surface area contributed by atoms with E-state index in [1.54, 1.807) is 0 Å². The molecule has 5 nitrogen and oxygen atoms in total. The van der Waals surface area contributed by atoms with Crippen molar-refractivity contribution >= 4 is 32.7 Å². The number of hydrogen-bond acceptors (Lipinski definition) is 5.